The first-order chi connectivity index (χ1) is 20.0. The fraction of sp³-hybridized carbons (Fsp3) is 0. The Morgan fingerprint density at radius 1 is 0.361 bits per heavy atom. The van der Waals surface area contributed by atoms with Crippen LogP contribution in [0.1, 0.15) is 6.85 Å². The summed E-state index contributed by atoms with van der Waals surface area (Å²) in [5.74, 6) is 0. The van der Waals surface area contributed by atoms with E-state index in [0.29, 0.717) is 5.56 Å². The third kappa shape index (κ3) is 3.23. The largest absolute Gasteiger partial charge is 0.0629 e. The van der Waals surface area contributed by atoms with E-state index < -0.39 is 6.04 Å². The molecular weight excluding hydrogens is 432 g/mol. The van der Waals surface area contributed by atoms with Gasteiger partial charge in [0.15, 0.2) is 0 Å². The normalized spacial score (nSPS) is 13.3. The van der Waals surface area contributed by atoms with Gasteiger partial charge in [-0.05, 0) is 65.7 Å². The summed E-state index contributed by atoms with van der Waals surface area (Å²) in [4.78, 5) is 0. The molecule has 0 amide bonds. The number of rotatable bonds is 3. The van der Waals surface area contributed by atoms with E-state index in [1.54, 1.807) is 0 Å². The van der Waals surface area contributed by atoms with Crippen molar-refractivity contribution in [3.63, 3.8) is 0 Å². The summed E-state index contributed by atoms with van der Waals surface area (Å²) >= 11 is 0. The lowest BCUT2D eigenvalue weighted by atomic mass is 9.82. The van der Waals surface area contributed by atoms with Gasteiger partial charge in [0.1, 0.15) is 0 Å². The summed E-state index contributed by atoms with van der Waals surface area (Å²) in [6.07, 6.45) is 0. The van der Waals surface area contributed by atoms with E-state index in [1.807, 2.05) is 60.7 Å². The SMILES string of the molecule is [2H]c1c([2H])c([2H])c(-c2c3ccccc3c(-c3c(-c4ccccc4)ccc4ccccc34)c3ccccc23)c([2H])c1[2H]. The Labute approximate surface area is 218 Å². The molecule has 0 aliphatic rings. The van der Waals surface area contributed by atoms with Crippen LogP contribution in [0, 0.1) is 0 Å². The van der Waals surface area contributed by atoms with E-state index in [-0.39, 0.29) is 29.7 Å². The zero-order chi connectivity index (χ0) is 28.2. The molecule has 0 aliphatic carbocycles. The van der Waals surface area contributed by atoms with Crippen LogP contribution in [0.15, 0.2) is 145 Å². The van der Waals surface area contributed by atoms with Gasteiger partial charge in [-0.2, -0.15) is 0 Å². The standard InChI is InChI=1S/C36H24/c1-3-13-25(14-4-1)29-24-23-26-15-7-8-18-28(26)35(29)36-32-21-11-9-19-30(32)34(27-16-5-2-6-17-27)31-20-10-12-22-33(31)36/h1-24H/i2D,5D,6D,16D,17D. The van der Waals surface area contributed by atoms with Crippen LogP contribution >= 0.6 is 0 Å². The molecule has 0 heterocycles. The van der Waals surface area contributed by atoms with Crippen LogP contribution in [-0.4, -0.2) is 0 Å². The first-order valence-electron chi connectivity index (χ1n) is 14.6. The van der Waals surface area contributed by atoms with E-state index in [2.05, 4.69) is 54.6 Å². The Morgan fingerprint density at radius 3 is 1.53 bits per heavy atom. The van der Waals surface area contributed by atoms with E-state index >= 15 is 0 Å². The fourth-order valence-corrected chi connectivity index (χ4v) is 5.44. The van der Waals surface area contributed by atoms with Crippen LogP contribution in [0.2, 0.25) is 0 Å². The van der Waals surface area contributed by atoms with Gasteiger partial charge in [-0.1, -0.05) is 145 Å². The zero-order valence-electron chi connectivity index (χ0n) is 24.5. The molecule has 7 aromatic rings. The smallest absolute Gasteiger partial charge is 0.0622 e. The van der Waals surface area contributed by atoms with Crippen LogP contribution in [0.5, 0.6) is 0 Å². The summed E-state index contributed by atoms with van der Waals surface area (Å²) < 4.78 is 42.6. The summed E-state index contributed by atoms with van der Waals surface area (Å²) in [5, 5.41) is 5.85. The lowest BCUT2D eigenvalue weighted by Crippen LogP contribution is -1.94. The van der Waals surface area contributed by atoms with Gasteiger partial charge < -0.3 is 0 Å². The quantitative estimate of drug-likeness (QED) is 0.230. The highest BCUT2D eigenvalue weighted by atomic mass is 14.2. The molecule has 0 nitrogen and oxygen atoms in total. The molecule has 168 valence electrons. The molecule has 0 heteroatoms. The van der Waals surface area contributed by atoms with Gasteiger partial charge in [0, 0.05) is 0 Å². The second-order valence-electron chi connectivity index (χ2n) is 8.92. The van der Waals surface area contributed by atoms with Crippen molar-refractivity contribution >= 4 is 32.3 Å². The molecule has 0 radical (unpaired) electrons. The van der Waals surface area contributed by atoms with Crippen LogP contribution < -0.4 is 0 Å². The maximum absolute atomic E-state index is 8.82. The first-order valence-corrected chi connectivity index (χ1v) is 12.1. The summed E-state index contributed by atoms with van der Waals surface area (Å²) in [6.45, 7) is 0. The van der Waals surface area contributed by atoms with E-state index in [9.17, 15) is 0 Å². The van der Waals surface area contributed by atoms with Crippen molar-refractivity contribution in [3.8, 4) is 33.4 Å². The van der Waals surface area contributed by atoms with Crippen molar-refractivity contribution in [1.29, 1.82) is 0 Å². The van der Waals surface area contributed by atoms with Gasteiger partial charge in [-0.15, -0.1) is 0 Å². The summed E-state index contributed by atoms with van der Waals surface area (Å²) in [7, 11) is 0. The molecule has 0 fully saturated rings. The number of hydrogen-bond acceptors (Lipinski definition) is 0. The molecule has 0 saturated carbocycles. The van der Waals surface area contributed by atoms with Gasteiger partial charge in [0.2, 0.25) is 0 Å². The van der Waals surface area contributed by atoms with Gasteiger partial charge in [0.05, 0.1) is 6.85 Å². The highest BCUT2D eigenvalue weighted by Crippen LogP contribution is 2.48. The Hall–Kier alpha value is -4.68. The first kappa shape index (κ1) is 16.1. The number of benzene rings is 7. The zero-order valence-corrected chi connectivity index (χ0v) is 19.5. The van der Waals surface area contributed by atoms with Crippen LogP contribution in [0.25, 0.3) is 65.7 Å². The summed E-state index contributed by atoms with van der Waals surface area (Å²) in [6, 6.07) is 37.7. The van der Waals surface area contributed by atoms with Crippen LogP contribution in [-0.2, 0) is 0 Å². The average Bonchev–Trinajstić information content (AvgIpc) is 3.02. The second-order valence-corrected chi connectivity index (χ2v) is 8.92. The molecule has 0 aromatic heterocycles. The second kappa shape index (κ2) is 8.52. The van der Waals surface area contributed by atoms with Gasteiger partial charge >= 0.3 is 0 Å². The Morgan fingerprint density at radius 2 is 0.889 bits per heavy atom. The highest BCUT2D eigenvalue weighted by molar-refractivity contribution is 6.25. The third-order valence-electron chi connectivity index (χ3n) is 6.95. The maximum atomic E-state index is 8.82. The highest BCUT2D eigenvalue weighted by Gasteiger charge is 2.20. The van der Waals surface area contributed by atoms with Crippen molar-refractivity contribution in [1.82, 2.24) is 0 Å². The molecule has 0 aliphatic heterocycles. The van der Waals surface area contributed by atoms with Gasteiger partial charge in [0.25, 0.3) is 0 Å². The molecule has 0 saturated heterocycles. The lowest BCUT2D eigenvalue weighted by molar-refractivity contribution is 1.63. The molecule has 0 N–H and O–H groups in total. The molecule has 7 aromatic carbocycles. The van der Waals surface area contributed by atoms with E-state index in [1.165, 1.54) is 0 Å². The molecule has 7 rings (SSSR count). The predicted octanol–water partition coefficient (Wildman–Crippen LogP) is 10.1. The Balaban J connectivity index is 1.72. The minimum absolute atomic E-state index is 0.200. The topological polar surface area (TPSA) is 0 Å². The molecule has 36 heavy (non-hydrogen) atoms. The minimum Gasteiger partial charge on any atom is -0.0622 e. The van der Waals surface area contributed by atoms with Crippen molar-refractivity contribution in [3.05, 3.63) is 145 Å². The van der Waals surface area contributed by atoms with E-state index in [0.717, 1.165) is 54.6 Å². The van der Waals surface area contributed by atoms with Crippen molar-refractivity contribution in [2.75, 3.05) is 0 Å². The van der Waals surface area contributed by atoms with Crippen LogP contribution in [0.4, 0.5) is 0 Å². The van der Waals surface area contributed by atoms with Crippen LogP contribution in [0.3, 0.4) is 0 Å². The minimum atomic E-state index is -0.391. The molecule has 0 bridgehead atoms. The summed E-state index contributed by atoms with van der Waals surface area (Å²) in [5.41, 5.74) is 5.25. The maximum Gasteiger partial charge on any atom is 0.0629 e. The van der Waals surface area contributed by atoms with Gasteiger partial charge in [-0.25, -0.2) is 0 Å². The van der Waals surface area contributed by atoms with Crippen molar-refractivity contribution < 1.29 is 6.85 Å². The molecule has 0 spiro atoms. The fourth-order valence-electron chi connectivity index (χ4n) is 5.44. The Kier molecular flexibility index (Phi) is 3.80. The Bertz CT molecular complexity index is 2060. The third-order valence-corrected chi connectivity index (χ3v) is 6.95. The predicted molar refractivity (Wildman–Crippen MR) is 155 cm³/mol. The number of fused-ring (bicyclic) bond motifs is 3. The molecule has 0 unspecified atom stereocenters. The van der Waals surface area contributed by atoms with Gasteiger partial charge in [-0.3, -0.25) is 0 Å². The van der Waals surface area contributed by atoms with Crippen molar-refractivity contribution in [2.24, 2.45) is 0 Å². The monoisotopic (exact) mass is 461 g/mol. The number of hydrogen-bond donors (Lipinski definition) is 0. The molecular formula is C36H24. The lowest BCUT2D eigenvalue weighted by Gasteiger charge is -2.21. The molecule has 0 atom stereocenters. The average molecular weight is 462 g/mol. The van der Waals surface area contributed by atoms with E-state index in [4.69, 9.17) is 6.85 Å². The van der Waals surface area contributed by atoms with Crippen molar-refractivity contribution in [2.45, 2.75) is 0 Å².